The molecule has 0 saturated carbocycles. The van der Waals surface area contributed by atoms with Gasteiger partial charge in [-0.25, -0.2) is 21.9 Å². The lowest BCUT2D eigenvalue weighted by Gasteiger charge is -2.39. The summed E-state index contributed by atoms with van der Waals surface area (Å²) in [5.41, 5.74) is -0.108. The zero-order chi connectivity index (χ0) is 10.6. The van der Waals surface area contributed by atoms with Crippen molar-refractivity contribution in [3.05, 3.63) is 0 Å². The molecule has 0 rings (SSSR count). The molecule has 0 saturated heterocycles. The van der Waals surface area contributed by atoms with Gasteiger partial charge in [-0.05, 0) is 21.9 Å². The Labute approximate surface area is 88.5 Å². The minimum absolute atomic E-state index is 0.108. The van der Waals surface area contributed by atoms with E-state index in [4.69, 9.17) is 38.7 Å². The molecule has 52 valence electrons. The first-order valence-electron chi connectivity index (χ1n) is 4.22. The molecule has 0 bridgehead atoms. The maximum absolute atomic E-state index is 11.3. The van der Waals surface area contributed by atoms with Crippen molar-refractivity contribution >= 4 is 70.0 Å². The Kier molecular flexibility index (Phi) is 5.99. The summed E-state index contributed by atoms with van der Waals surface area (Å²) in [6.45, 7) is 1.05. The van der Waals surface area contributed by atoms with Gasteiger partial charge >= 0.3 is 0 Å². The van der Waals surface area contributed by atoms with Crippen molar-refractivity contribution in [2.24, 2.45) is 0 Å². The lowest BCUT2D eigenvalue weighted by atomic mass is 8.63. The Morgan fingerprint density at radius 3 is 2.15 bits per heavy atom. The molecule has 0 unspecified atom stereocenters. The summed E-state index contributed by atoms with van der Waals surface area (Å²) >= 11 is 0. The summed E-state index contributed by atoms with van der Waals surface area (Å²) in [4.78, 5) is 11.3. The Morgan fingerprint density at radius 1 is 1.46 bits per heavy atom. The van der Waals surface area contributed by atoms with Crippen molar-refractivity contribution in [1.29, 1.82) is 0 Å². The first-order chi connectivity index (χ1) is 5.91. The van der Waals surface area contributed by atoms with Crippen LogP contribution in [0.1, 0.15) is 13.3 Å². The Hall–Kier alpha value is 0.254. The van der Waals surface area contributed by atoms with Gasteiger partial charge in [0.15, 0.2) is 0 Å². The van der Waals surface area contributed by atoms with Crippen LogP contribution < -0.4 is 0 Å². The predicted octanol–water partition coefficient (Wildman–Crippen LogP) is -2.95. The second-order valence-corrected chi connectivity index (χ2v) is 3.08. The molecule has 0 aliphatic rings. The quantitative estimate of drug-likeness (QED) is 0.387. The molecule has 13 heavy (non-hydrogen) atoms. The molecule has 1 nitrogen and oxygen atoms in total. The smallest absolute Gasteiger partial charge is 0.0670 e. The third-order valence-electron chi connectivity index (χ3n) is 1.99. The van der Waals surface area contributed by atoms with Crippen molar-refractivity contribution in [3.8, 4) is 0 Å². The van der Waals surface area contributed by atoms with Gasteiger partial charge in [-0.15, -0.1) is 0 Å². The molecule has 0 N–H and O–H groups in total. The first-order valence-corrected chi connectivity index (χ1v) is 4.22. The summed E-state index contributed by atoms with van der Waals surface area (Å²) < 4.78 is 0. The number of carbonyl (C=O) groups is 1. The fourth-order valence-electron chi connectivity index (χ4n) is 1.16. The molecule has 0 spiro atoms. The SMILES string of the molecule is [B]B([B-])B(B([B])[B-]([B])[B])C(=O)CC. The average molecular weight is 154 g/mol. The van der Waals surface area contributed by atoms with E-state index in [1.165, 1.54) is 0 Å². The lowest BCUT2D eigenvalue weighted by molar-refractivity contribution is -0.111. The highest BCUT2D eigenvalue weighted by Crippen LogP contribution is 1.96. The van der Waals surface area contributed by atoms with E-state index in [1.807, 2.05) is 0 Å². The van der Waals surface area contributed by atoms with Crippen LogP contribution in [0, 0.1) is 0 Å². The number of hydrogen-bond acceptors (Lipinski definition) is 1. The topological polar surface area (TPSA) is 17.1 Å². The van der Waals surface area contributed by atoms with Crippen LogP contribution in [-0.4, -0.2) is 70.0 Å². The molecule has 0 aliphatic carbocycles. The Bertz CT molecular complexity index is 168. The van der Waals surface area contributed by atoms with Crippen molar-refractivity contribution < 1.29 is 4.79 Å². The molecule has 0 amide bonds. The van der Waals surface area contributed by atoms with E-state index >= 15 is 0 Å². The van der Waals surface area contributed by atoms with Gasteiger partial charge in [-0.1, -0.05) is 6.92 Å². The van der Waals surface area contributed by atoms with Crippen molar-refractivity contribution in [1.82, 2.24) is 0 Å². The van der Waals surface area contributed by atoms with Gasteiger partial charge in [0.1, 0.15) is 0 Å². The minimum atomic E-state index is -0.808. The lowest BCUT2D eigenvalue weighted by Crippen LogP contribution is -2.63. The van der Waals surface area contributed by atoms with Gasteiger partial charge < -0.3 is 12.5 Å². The zero-order valence-electron chi connectivity index (χ0n) is 7.81. The molecule has 0 aromatic heterocycles. The predicted molar refractivity (Wildman–Crippen MR) is 67.1 cm³/mol. The van der Waals surface area contributed by atoms with E-state index in [-0.39, 0.29) is 5.68 Å². The maximum atomic E-state index is 11.3. The molecule has 0 fully saturated rings. The van der Waals surface area contributed by atoms with E-state index in [9.17, 15) is 4.79 Å². The highest BCUT2D eigenvalue weighted by molar-refractivity contribution is 7.95. The fraction of sp³-hybridized carbons (Fsp3) is 0.667. The number of carbonyl (C=O) groups excluding carboxylic acids is 1. The molecular formula is C3H5B9O-2. The van der Waals surface area contributed by atoms with Crippen LogP contribution in [0.2, 0.25) is 0 Å². The molecule has 0 aromatic carbocycles. The van der Waals surface area contributed by atoms with E-state index in [0.717, 1.165) is 0 Å². The first kappa shape index (κ1) is 13.3. The Balaban J connectivity index is 4.51. The van der Waals surface area contributed by atoms with Crippen LogP contribution in [0.4, 0.5) is 0 Å². The van der Waals surface area contributed by atoms with Gasteiger partial charge in [-0.3, -0.25) is 6.39 Å². The van der Waals surface area contributed by atoms with E-state index < -0.39 is 25.6 Å². The normalized spacial score (nSPS) is 9.77. The van der Waals surface area contributed by atoms with Crippen LogP contribution >= 0.6 is 0 Å². The summed E-state index contributed by atoms with van der Waals surface area (Å²) in [7, 11) is 27.2. The average Bonchev–Trinajstić information content (AvgIpc) is 2.03. The van der Waals surface area contributed by atoms with Crippen molar-refractivity contribution in [2.45, 2.75) is 13.3 Å². The molecule has 10 heteroatoms. The monoisotopic (exact) mass is 156 g/mol. The standard InChI is InChI=1S/C3H5B9O/c1-2-3(13)9(10(4)5)12(8)11(6)7/h2H2,1H3/q-2. The fourth-order valence-corrected chi connectivity index (χ4v) is 1.16. The molecule has 0 aliphatic heterocycles. The molecule has 0 aromatic rings. The third kappa shape index (κ3) is 3.87. The van der Waals surface area contributed by atoms with Crippen LogP contribution in [0.25, 0.3) is 0 Å². The maximum Gasteiger partial charge on any atom is 0.0670 e. The minimum Gasteiger partial charge on any atom is -0.686 e. The summed E-state index contributed by atoms with van der Waals surface area (Å²) in [5.74, 6) is 0. The highest BCUT2D eigenvalue weighted by atomic mass is 16.1. The second kappa shape index (κ2) is 5.87. The Morgan fingerprint density at radius 2 is 1.92 bits per heavy atom. The number of rotatable bonds is 5. The molecule has 0 heterocycles. The molecule has 0 atom stereocenters. The second-order valence-electron chi connectivity index (χ2n) is 3.08. The summed E-state index contributed by atoms with van der Waals surface area (Å²) in [5, 5.41) is 0. The van der Waals surface area contributed by atoms with Crippen molar-refractivity contribution in [3.63, 3.8) is 0 Å². The van der Waals surface area contributed by atoms with E-state index in [0.29, 0.717) is 6.42 Å². The zero-order valence-corrected chi connectivity index (χ0v) is 7.81. The third-order valence-corrected chi connectivity index (χ3v) is 1.99. The summed E-state index contributed by atoms with van der Waals surface area (Å²) in [6, 6.07) is 0. The van der Waals surface area contributed by atoms with Gasteiger partial charge in [0.25, 0.3) is 0 Å². The van der Waals surface area contributed by atoms with Gasteiger partial charge in [0, 0.05) is 0 Å². The number of hydrogen-bond donors (Lipinski definition) is 0. The van der Waals surface area contributed by atoms with Gasteiger partial charge in [0.05, 0.1) is 12.2 Å². The van der Waals surface area contributed by atoms with Gasteiger partial charge in [0.2, 0.25) is 0 Å². The van der Waals surface area contributed by atoms with E-state index in [2.05, 4.69) is 0 Å². The van der Waals surface area contributed by atoms with Gasteiger partial charge in [-0.2, -0.15) is 6.39 Å². The highest BCUT2D eigenvalue weighted by Gasteiger charge is 2.20. The van der Waals surface area contributed by atoms with Crippen LogP contribution in [0.3, 0.4) is 0 Å². The van der Waals surface area contributed by atoms with Crippen molar-refractivity contribution in [2.75, 3.05) is 0 Å². The summed E-state index contributed by atoms with van der Waals surface area (Å²) in [6.07, 6.45) is -1.95. The van der Waals surface area contributed by atoms with Crippen LogP contribution in [0.5, 0.6) is 0 Å². The molecule has 12 radical (unpaired) electrons. The van der Waals surface area contributed by atoms with E-state index in [1.54, 1.807) is 6.92 Å². The van der Waals surface area contributed by atoms with Crippen LogP contribution in [-0.2, 0) is 4.79 Å². The van der Waals surface area contributed by atoms with Crippen LogP contribution in [0.15, 0.2) is 0 Å². The largest absolute Gasteiger partial charge is 0.686 e. The molecular weight excluding hydrogens is 149 g/mol.